The van der Waals surface area contributed by atoms with Gasteiger partial charge in [0.25, 0.3) is 0 Å². The summed E-state index contributed by atoms with van der Waals surface area (Å²) in [5, 5.41) is 10.2. The summed E-state index contributed by atoms with van der Waals surface area (Å²) in [6.45, 7) is 5.65. The van der Waals surface area contributed by atoms with E-state index in [1.165, 1.54) is 13.3 Å². The molecule has 1 rings (SSSR count). The molecule has 0 aliphatic carbocycles. The van der Waals surface area contributed by atoms with Crippen molar-refractivity contribution in [1.29, 1.82) is 0 Å². The third-order valence-electron chi connectivity index (χ3n) is 2.17. The highest BCUT2D eigenvalue weighted by molar-refractivity contribution is 7.80. The van der Waals surface area contributed by atoms with Crippen LogP contribution in [0.2, 0.25) is 0 Å². The Kier molecular flexibility index (Phi) is 4.17. The molecule has 0 saturated carbocycles. The lowest BCUT2D eigenvalue weighted by Gasteiger charge is -2.19. The molecule has 17 heavy (non-hydrogen) atoms. The van der Waals surface area contributed by atoms with Crippen molar-refractivity contribution in [3.05, 3.63) is 11.9 Å². The van der Waals surface area contributed by atoms with Crippen LogP contribution in [0.4, 0.5) is 4.79 Å². The second-order valence-corrected chi connectivity index (χ2v) is 4.54. The normalized spacial score (nSPS) is 11.8. The van der Waals surface area contributed by atoms with E-state index in [0.29, 0.717) is 0 Å². The Morgan fingerprint density at radius 3 is 2.82 bits per heavy atom. The fourth-order valence-corrected chi connectivity index (χ4v) is 1.21. The number of carbonyl (C=O) groups excluding carboxylic acids is 1. The van der Waals surface area contributed by atoms with Crippen LogP contribution < -0.4 is 5.32 Å². The molecule has 94 valence electrons. The predicted molar refractivity (Wildman–Crippen MR) is 67.6 cm³/mol. The molecule has 1 N–H and O–H groups in total. The maximum Gasteiger partial charge on any atom is 0.433 e. The Morgan fingerprint density at radius 1 is 1.71 bits per heavy atom. The van der Waals surface area contributed by atoms with Crippen LogP contribution in [0.15, 0.2) is 16.2 Å². The van der Waals surface area contributed by atoms with Gasteiger partial charge >= 0.3 is 6.09 Å². The lowest BCUT2D eigenvalue weighted by molar-refractivity contribution is 0.152. The van der Waals surface area contributed by atoms with Crippen LogP contribution in [0.25, 0.3) is 0 Å². The highest BCUT2D eigenvalue weighted by Gasteiger charge is 2.20. The van der Waals surface area contributed by atoms with Crippen molar-refractivity contribution < 1.29 is 9.63 Å². The van der Waals surface area contributed by atoms with Gasteiger partial charge in [-0.2, -0.15) is 5.10 Å². The van der Waals surface area contributed by atoms with Gasteiger partial charge in [-0.05, 0) is 20.8 Å². The third-order valence-corrected chi connectivity index (χ3v) is 2.61. The highest BCUT2D eigenvalue weighted by Crippen LogP contribution is 2.17. The summed E-state index contributed by atoms with van der Waals surface area (Å²) in [5.41, 5.74) is 0.335. The van der Waals surface area contributed by atoms with E-state index in [0.717, 1.165) is 10.6 Å². The van der Waals surface area contributed by atoms with Gasteiger partial charge in [0.05, 0.1) is 17.4 Å². The molecule has 0 unspecified atom stereocenters. The number of nitrogens with one attached hydrogen (secondary N) is 1. The number of rotatable bonds is 3. The molecule has 0 aromatic carbocycles. The molecule has 0 spiro atoms. The summed E-state index contributed by atoms with van der Waals surface area (Å²) in [4.78, 5) is 16.2. The maximum atomic E-state index is 10.8. The zero-order valence-electron chi connectivity index (χ0n) is 10.3. The molecule has 1 aromatic heterocycles. The van der Waals surface area contributed by atoms with E-state index in [-0.39, 0.29) is 0 Å². The summed E-state index contributed by atoms with van der Waals surface area (Å²) >= 11 is 4.27. The molecule has 1 amide bonds. The smallest absolute Gasteiger partial charge is 0.323 e. The number of aromatic nitrogens is 2. The lowest BCUT2D eigenvalue weighted by atomic mass is 10.1. The van der Waals surface area contributed by atoms with Crippen LogP contribution in [-0.4, -0.2) is 29.1 Å². The summed E-state index contributed by atoms with van der Waals surface area (Å²) in [6, 6.07) is 0. The lowest BCUT2D eigenvalue weighted by Crippen LogP contribution is -2.29. The topological polar surface area (TPSA) is 68.5 Å². The number of nitrogens with zero attached hydrogens (tertiary/aromatic N) is 3. The number of carbonyl (C=O) groups is 1. The molecule has 0 aliphatic heterocycles. The number of hydrogen-bond acceptors (Lipinski definition) is 5. The second-order valence-electron chi connectivity index (χ2n) is 4.06. The van der Waals surface area contributed by atoms with Crippen molar-refractivity contribution in [1.82, 2.24) is 15.1 Å². The SMILES string of the molecule is CNC(=O)ON=CC(C)(C)n1cc(S)c(C)n1. The minimum absolute atomic E-state index is 0.500. The van der Waals surface area contributed by atoms with E-state index in [2.05, 4.69) is 33.0 Å². The van der Waals surface area contributed by atoms with Gasteiger partial charge < -0.3 is 5.32 Å². The maximum absolute atomic E-state index is 10.8. The number of hydrogen-bond donors (Lipinski definition) is 2. The monoisotopic (exact) mass is 256 g/mol. The van der Waals surface area contributed by atoms with Crippen LogP contribution in [0.5, 0.6) is 0 Å². The fraction of sp³-hybridized carbons (Fsp3) is 0.500. The van der Waals surface area contributed by atoms with Crippen LogP contribution in [0.3, 0.4) is 0 Å². The first kappa shape index (κ1) is 13.6. The number of oxime groups is 1. The molecule has 1 heterocycles. The van der Waals surface area contributed by atoms with Crippen molar-refractivity contribution in [3.8, 4) is 0 Å². The van der Waals surface area contributed by atoms with Crippen LogP contribution >= 0.6 is 12.6 Å². The first-order chi connectivity index (χ1) is 7.86. The minimum Gasteiger partial charge on any atom is -0.323 e. The van der Waals surface area contributed by atoms with E-state index in [1.54, 1.807) is 10.9 Å². The van der Waals surface area contributed by atoms with E-state index >= 15 is 0 Å². The largest absolute Gasteiger partial charge is 0.433 e. The molecular formula is C10H16N4O2S. The number of thiol groups is 1. The van der Waals surface area contributed by atoms with E-state index in [4.69, 9.17) is 0 Å². The Hall–Kier alpha value is -1.50. The van der Waals surface area contributed by atoms with Crippen molar-refractivity contribution in [2.45, 2.75) is 31.2 Å². The standard InChI is InChI=1S/C10H16N4O2S/c1-7-8(17)5-14(13-7)10(2,3)6-12-16-9(15)11-4/h5-6,17H,1-4H3,(H,11,15). The predicted octanol–water partition coefficient (Wildman–Crippen LogP) is 1.56. The molecule has 7 heteroatoms. The molecule has 0 atom stereocenters. The summed E-state index contributed by atoms with van der Waals surface area (Å²) in [5.74, 6) is 0. The average molecular weight is 256 g/mol. The van der Waals surface area contributed by atoms with Crippen molar-refractivity contribution in [3.63, 3.8) is 0 Å². The van der Waals surface area contributed by atoms with Crippen molar-refractivity contribution in [2.75, 3.05) is 7.05 Å². The van der Waals surface area contributed by atoms with Gasteiger partial charge in [-0.3, -0.25) is 9.52 Å². The van der Waals surface area contributed by atoms with E-state index in [1.807, 2.05) is 20.8 Å². The van der Waals surface area contributed by atoms with Gasteiger partial charge in [0, 0.05) is 18.1 Å². The van der Waals surface area contributed by atoms with Crippen LogP contribution in [0, 0.1) is 6.92 Å². The zero-order valence-corrected chi connectivity index (χ0v) is 11.2. The van der Waals surface area contributed by atoms with Gasteiger partial charge in [0.15, 0.2) is 0 Å². The van der Waals surface area contributed by atoms with Gasteiger partial charge in [0.1, 0.15) is 0 Å². The Morgan fingerprint density at radius 2 is 2.35 bits per heavy atom. The Balaban J connectivity index is 2.77. The Bertz CT molecular complexity index is 420. The molecule has 0 bridgehead atoms. The van der Waals surface area contributed by atoms with E-state index in [9.17, 15) is 4.79 Å². The second kappa shape index (κ2) is 5.22. The molecule has 1 aromatic rings. The molecule has 0 aliphatic rings. The Labute approximate surface area is 105 Å². The average Bonchev–Trinajstić information content (AvgIpc) is 2.59. The summed E-state index contributed by atoms with van der Waals surface area (Å²) in [6.07, 6.45) is 2.69. The van der Waals surface area contributed by atoms with Gasteiger partial charge in [-0.15, -0.1) is 12.6 Å². The number of amides is 1. The third kappa shape index (κ3) is 3.48. The van der Waals surface area contributed by atoms with Crippen LogP contribution in [-0.2, 0) is 10.4 Å². The fourth-order valence-electron chi connectivity index (χ4n) is 1.05. The molecule has 6 nitrogen and oxygen atoms in total. The highest BCUT2D eigenvalue weighted by atomic mass is 32.1. The number of aryl methyl sites for hydroxylation is 1. The molecular weight excluding hydrogens is 240 g/mol. The van der Waals surface area contributed by atoms with E-state index < -0.39 is 11.6 Å². The van der Waals surface area contributed by atoms with Gasteiger partial charge in [0.2, 0.25) is 0 Å². The zero-order chi connectivity index (χ0) is 13.1. The van der Waals surface area contributed by atoms with Crippen LogP contribution in [0.1, 0.15) is 19.5 Å². The summed E-state index contributed by atoms with van der Waals surface area (Å²) in [7, 11) is 1.47. The first-order valence-electron chi connectivity index (χ1n) is 5.06. The molecule has 0 radical (unpaired) electrons. The molecule has 0 fully saturated rings. The first-order valence-corrected chi connectivity index (χ1v) is 5.50. The quantitative estimate of drug-likeness (QED) is 0.373. The minimum atomic E-state index is -0.608. The summed E-state index contributed by atoms with van der Waals surface area (Å²) < 4.78 is 1.71. The van der Waals surface area contributed by atoms with Gasteiger partial charge in [-0.25, -0.2) is 4.79 Å². The van der Waals surface area contributed by atoms with Crippen molar-refractivity contribution in [2.24, 2.45) is 5.16 Å². The van der Waals surface area contributed by atoms with Gasteiger partial charge in [-0.1, -0.05) is 5.16 Å². The van der Waals surface area contributed by atoms with Crippen molar-refractivity contribution >= 4 is 24.9 Å². The molecule has 0 saturated heterocycles.